The molecule has 2 rings (SSSR count). The summed E-state index contributed by atoms with van der Waals surface area (Å²) in [5.41, 5.74) is 2.47. The van der Waals surface area contributed by atoms with Crippen LogP contribution in [-0.2, 0) is 26.2 Å². The Morgan fingerprint density at radius 2 is 2.04 bits per heavy atom. The lowest BCUT2D eigenvalue weighted by Crippen LogP contribution is -2.32. The molecule has 5 heteroatoms. The highest BCUT2D eigenvalue weighted by Gasteiger charge is 2.38. The lowest BCUT2D eigenvalue weighted by Gasteiger charge is -2.34. The third-order valence-electron chi connectivity index (χ3n) is 4.46. The standard InChI is InChI=1S/C19H24O5/c1-6-9-23-14(20)8-7-13-11(2)18-16(12(3)17(13)22)19(4,5)10-15(21)24-18/h6,22H,1,7-10H2,2-5H3. The van der Waals surface area contributed by atoms with Gasteiger partial charge < -0.3 is 14.6 Å². The summed E-state index contributed by atoms with van der Waals surface area (Å²) in [6.45, 7) is 11.2. The average molecular weight is 332 g/mol. The highest BCUT2D eigenvalue weighted by molar-refractivity contribution is 5.80. The zero-order chi connectivity index (χ0) is 18.1. The van der Waals surface area contributed by atoms with Crippen molar-refractivity contribution < 1.29 is 24.2 Å². The average Bonchev–Trinajstić information content (AvgIpc) is 2.49. The lowest BCUT2D eigenvalue weighted by molar-refractivity contribution is -0.142. The third-order valence-corrected chi connectivity index (χ3v) is 4.46. The number of carbonyl (C=O) groups is 2. The number of carbonyl (C=O) groups excluding carboxylic acids is 2. The predicted molar refractivity (Wildman–Crippen MR) is 90.3 cm³/mol. The van der Waals surface area contributed by atoms with Crippen LogP contribution in [0, 0.1) is 13.8 Å². The van der Waals surface area contributed by atoms with E-state index in [-0.39, 0.29) is 37.1 Å². The molecule has 130 valence electrons. The summed E-state index contributed by atoms with van der Waals surface area (Å²) in [4.78, 5) is 23.6. The Labute approximate surface area is 142 Å². The molecule has 1 aliphatic rings. The van der Waals surface area contributed by atoms with Crippen molar-refractivity contribution in [1.29, 1.82) is 0 Å². The fourth-order valence-electron chi connectivity index (χ4n) is 3.32. The second kappa shape index (κ2) is 6.67. The highest BCUT2D eigenvalue weighted by Crippen LogP contribution is 2.47. The first-order chi connectivity index (χ1) is 11.2. The number of rotatable bonds is 5. The maximum Gasteiger partial charge on any atom is 0.312 e. The van der Waals surface area contributed by atoms with E-state index in [0.717, 1.165) is 5.56 Å². The van der Waals surface area contributed by atoms with E-state index in [1.54, 1.807) is 6.92 Å². The second-order valence-corrected chi connectivity index (χ2v) is 6.79. The largest absolute Gasteiger partial charge is 0.507 e. The van der Waals surface area contributed by atoms with E-state index in [1.807, 2.05) is 20.8 Å². The number of fused-ring (bicyclic) bond motifs is 1. The van der Waals surface area contributed by atoms with Crippen LogP contribution in [0.2, 0.25) is 0 Å². The van der Waals surface area contributed by atoms with Crippen LogP contribution >= 0.6 is 0 Å². The summed E-state index contributed by atoms with van der Waals surface area (Å²) in [5.74, 6) is 0.0354. The third kappa shape index (κ3) is 3.30. The van der Waals surface area contributed by atoms with E-state index in [1.165, 1.54) is 6.08 Å². The summed E-state index contributed by atoms with van der Waals surface area (Å²) in [7, 11) is 0. The maximum absolute atomic E-state index is 11.9. The molecule has 0 bridgehead atoms. The molecule has 0 aliphatic carbocycles. The molecule has 0 saturated heterocycles. The minimum atomic E-state index is -0.404. The van der Waals surface area contributed by atoms with Gasteiger partial charge in [0.15, 0.2) is 0 Å². The molecular weight excluding hydrogens is 308 g/mol. The predicted octanol–water partition coefficient (Wildman–Crippen LogP) is 3.26. The van der Waals surface area contributed by atoms with Gasteiger partial charge in [-0.05, 0) is 31.4 Å². The van der Waals surface area contributed by atoms with Crippen molar-refractivity contribution in [1.82, 2.24) is 0 Å². The van der Waals surface area contributed by atoms with E-state index in [4.69, 9.17) is 9.47 Å². The first-order valence-corrected chi connectivity index (χ1v) is 8.01. The quantitative estimate of drug-likeness (QED) is 0.509. The van der Waals surface area contributed by atoms with Crippen LogP contribution in [0.4, 0.5) is 0 Å². The van der Waals surface area contributed by atoms with Crippen molar-refractivity contribution >= 4 is 11.9 Å². The van der Waals surface area contributed by atoms with E-state index in [2.05, 4.69) is 6.58 Å². The van der Waals surface area contributed by atoms with E-state index in [9.17, 15) is 14.7 Å². The molecule has 0 fully saturated rings. The Morgan fingerprint density at radius 1 is 1.38 bits per heavy atom. The van der Waals surface area contributed by atoms with Gasteiger partial charge in [0.1, 0.15) is 18.1 Å². The zero-order valence-electron chi connectivity index (χ0n) is 14.7. The van der Waals surface area contributed by atoms with Gasteiger partial charge in [0, 0.05) is 23.0 Å². The van der Waals surface area contributed by atoms with Crippen molar-refractivity contribution in [2.75, 3.05) is 6.61 Å². The van der Waals surface area contributed by atoms with Gasteiger partial charge in [0.25, 0.3) is 0 Å². The van der Waals surface area contributed by atoms with Gasteiger partial charge in [0.2, 0.25) is 0 Å². The summed E-state index contributed by atoms with van der Waals surface area (Å²) < 4.78 is 10.4. The number of hydrogen-bond donors (Lipinski definition) is 1. The summed E-state index contributed by atoms with van der Waals surface area (Å²) in [6.07, 6.45) is 2.23. The molecule has 1 aromatic carbocycles. The minimum absolute atomic E-state index is 0.137. The van der Waals surface area contributed by atoms with Crippen molar-refractivity contribution in [2.24, 2.45) is 0 Å². The summed E-state index contributed by atoms with van der Waals surface area (Å²) >= 11 is 0. The van der Waals surface area contributed by atoms with Crippen LogP contribution in [0.3, 0.4) is 0 Å². The van der Waals surface area contributed by atoms with Crippen LogP contribution < -0.4 is 4.74 Å². The molecule has 1 aromatic rings. The number of aromatic hydroxyl groups is 1. The molecule has 1 N–H and O–H groups in total. The summed E-state index contributed by atoms with van der Waals surface area (Å²) in [6, 6.07) is 0. The maximum atomic E-state index is 11.9. The minimum Gasteiger partial charge on any atom is -0.507 e. The number of esters is 2. The van der Waals surface area contributed by atoms with Crippen molar-refractivity contribution in [3.05, 3.63) is 34.9 Å². The Bertz CT molecular complexity index is 700. The van der Waals surface area contributed by atoms with Crippen LogP contribution in [0.15, 0.2) is 12.7 Å². The summed E-state index contributed by atoms with van der Waals surface area (Å²) in [5, 5.41) is 10.6. The highest BCUT2D eigenvalue weighted by atomic mass is 16.5. The van der Waals surface area contributed by atoms with Gasteiger partial charge in [-0.1, -0.05) is 26.5 Å². The molecule has 0 amide bonds. The number of phenolic OH excluding ortho intramolecular Hbond substituents is 1. The Hall–Kier alpha value is -2.30. The van der Waals surface area contributed by atoms with E-state index >= 15 is 0 Å². The molecule has 1 aliphatic heterocycles. The molecule has 0 radical (unpaired) electrons. The van der Waals surface area contributed by atoms with E-state index in [0.29, 0.717) is 28.9 Å². The van der Waals surface area contributed by atoms with Gasteiger partial charge in [-0.15, -0.1) is 0 Å². The second-order valence-electron chi connectivity index (χ2n) is 6.79. The Morgan fingerprint density at radius 3 is 2.67 bits per heavy atom. The van der Waals surface area contributed by atoms with E-state index < -0.39 is 5.41 Å². The van der Waals surface area contributed by atoms with Crippen LogP contribution in [-0.4, -0.2) is 23.7 Å². The molecule has 0 unspecified atom stereocenters. The van der Waals surface area contributed by atoms with Gasteiger partial charge in [-0.25, -0.2) is 0 Å². The molecule has 0 atom stereocenters. The zero-order valence-corrected chi connectivity index (χ0v) is 14.7. The SMILES string of the molecule is C=CCOC(=O)CCc1c(C)c2c(c(C)c1O)C(C)(C)CC(=O)O2. The molecule has 0 spiro atoms. The van der Waals surface area contributed by atoms with Gasteiger partial charge in [-0.2, -0.15) is 0 Å². The number of hydrogen-bond acceptors (Lipinski definition) is 5. The molecule has 5 nitrogen and oxygen atoms in total. The topological polar surface area (TPSA) is 72.8 Å². The lowest BCUT2D eigenvalue weighted by atomic mass is 9.75. The molecule has 0 aromatic heterocycles. The molecular formula is C19H24O5. The monoisotopic (exact) mass is 332 g/mol. The smallest absolute Gasteiger partial charge is 0.312 e. The van der Waals surface area contributed by atoms with Crippen molar-refractivity contribution in [3.63, 3.8) is 0 Å². The number of phenols is 1. The van der Waals surface area contributed by atoms with Gasteiger partial charge >= 0.3 is 11.9 Å². The number of benzene rings is 1. The van der Waals surface area contributed by atoms with Crippen LogP contribution in [0.5, 0.6) is 11.5 Å². The Kier molecular flexibility index (Phi) is 5.02. The fraction of sp³-hybridized carbons (Fsp3) is 0.474. The normalized spacial score (nSPS) is 15.4. The Balaban J connectivity index is 2.40. The van der Waals surface area contributed by atoms with Crippen LogP contribution in [0.1, 0.15) is 48.9 Å². The molecule has 24 heavy (non-hydrogen) atoms. The number of ether oxygens (including phenoxy) is 2. The molecule has 1 heterocycles. The molecule has 0 saturated carbocycles. The van der Waals surface area contributed by atoms with Gasteiger partial charge in [-0.3, -0.25) is 9.59 Å². The van der Waals surface area contributed by atoms with Gasteiger partial charge in [0.05, 0.1) is 6.42 Å². The first-order valence-electron chi connectivity index (χ1n) is 8.01. The van der Waals surface area contributed by atoms with Crippen molar-refractivity contribution in [2.45, 2.75) is 52.4 Å². The van der Waals surface area contributed by atoms with Crippen molar-refractivity contribution in [3.8, 4) is 11.5 Å². The first kappa shape index (κ1) is 18.0. The fourth-order valence-corrected chi connectivity index (χ4v) is 3.32. The van der Waals surface area contributed by atoms with Crippen LogP contribution in [0.25, 0.3) is 0 Å².